The van der Waals surface area contributed by atoms with Crippen LogP contribution < -0.4 is 5.73 Å². The molecule has 4 nitrogen and oxygen atoms in total. The maximum atomic E-state index is 12.4. The van der Waals surface area contributed by atoms with Gasteiger partial charge in [0.1, 0.15) is 0 Å². The summed E-state index contributed by atoms with van der Waals surface area (Å²) in [4.78, 5) is 0.290. The molecule has 1 fully saturated rings. The molecule has 0 saturated heterocycles. The molecule has 0 bridgehead atoms. The molecule has 2 atom stereocenters. The van der Waals surface area contributed by atoms with E-state index in [-0.39, 0.29) is 4.90 Å². The molecular formula is C14H22N2O2S. The number of anilines is 1. The molecule has 1 aliphatic rings. The van der Waals surface area contributed by atoms with Gasteiger partial charge in [0.2, 0.25) is 10.0 Å². The summed E-state index contributed by atoms with van der Waals surface area (Å²) in [5, 5.41) is 0. The minimum atomic E-state index is -3.41. The van der Waals surface area contributed by atoms with Crippen LogP contribution in [0.2, 0.25) is 0 Å². The normalized spacial score (nSPS) is 22.7. The van der Waals surface area contributed by atoms with E-state index in [0.717, 1.165) is 18.4 Å². The van der Waals surface area contributed by atoms with E-state index in [1.54, 1.807) is 25.2 Å². The molecule has 1 aromatic carbocycles. The van der Waals surface area contributed by atoms with E-state index < -0.39 is 10.0 Å². The topological polar surface area (TPSA) is 63.4 Å². The molecule has 5 heteroatoms. The fourth-order valence-corrected chi connectivity index (χ4v) is 3.58. The predicted molar refractivity (Wildman–Crippen MR) is 77.3 cm³/mol. The molecule has 19 heavy (non-hydrogen) atoms. The Kier molecular flexibility index (Phi) is 3.87. The van der Waals surface area contributed by atoms with E-state index in [9.17, 15) is 8.42 Å². The van der Waals surface area contributed by atoms with E-state index >= 15 is 0 Å². The van der Waals surface area contributed by atoms with Gasteiger partial charge in [-0.3, -0.25) is 0 Å². The van der Waals surface area contributed by atoms with Gasteiger partial charge in [0, 0.05) is 19.3 Å². The van der Waals surface area contributed by atoms with Crippen LogP contribution in [0.3, 0.4) is 0 Å². The van der Waals surface area contributed by atoms with Crippen LogP contribution in [0.15, 0.2) is 23.1 Å². The number of hydrogen-bond acceptors (Lipinski definition) is 3. The Balaban J connectivity index is 2.21. The van der Waals surface area contributed by atoms with Gasteiger partial charge >= 0.3 is 0 Å². The van der Waals surface area contributed by atoms with Crippen LogP contribution >= 0.6 is 0 Å². The monoisotopic (exact) mass is 282 g/mol. The first kappa shape index (κ1) is 14.3. The molecule has 2 unspecified atom stereocenters. The number of nitrogens with two attached hydrogens (primary N) is 1. The summed E-state index contributed by atoms with van der Waals surface area (Å²) in [7, 11) is -1.77. The number of sulfonamides is 1. The van der Waals surface area contributed by atoms with E-state index in [1.165, 1.54) is 4.31 Å². The molecule has 0 heterocycles. The Morgan fingerprint density at radius 1 is 1.42 bits per heavy atom. The van der Waals surface area contributed by atoms with Gasteiger partial charge in [0.15, 0.2) is 0 Å². The number of rotatable bonds is 5. The standard InChI is InChI=1S/C14H22N2O2S/c1-4-11-5-6-13(8-14(11)15)19(17,18)16(3)9-12-7-10(12)2/h5-6,8,10,12H,4,7,9,15H2,1-3H3. The lowest BCUT2D eigenvalue weighted by Crippen LogP contribution is -2.29. The van der Waals surface area contributed by atoms with Crippen molar-refractivity contribution in [3.05, 3.63) is 23.8 Å². The molecule has 1 aliphatic carbocycles. The van der Waals surface area contributed by atoms with Gasteiger partial charge in [-0.05, 0) is 42.4 Å². The highest BCUT2D eigenvalue weighted by Gasteiger charge is 2.36. The van der Waals surface area contributed by atoms with Crippen LogP contribution in [0, 0.1) is 11.8 Å². The summed E-state index contributed by atoms with van der Waals surface area (Å²) < 4.78 is 26.3. The van der Waals surface area contributed by atoms with Crippen molar-refractivity contribution in [2.75, 3.05) is 19.3 Å². The van der Waals surface area contributed by atoms with Gasteiger partial charge in [-0.1, -0.05) is 19.9 Å². The fraction of sp³-hybridized carbons (Fsp3) is 0.571. The molecule has 0 aromatic heterocycles. The number of nitrogens with zero attached hydrogens (tertiary/aromatic N) is 1. The minimum absolute atomic E-state index is 0.290. The number of nitrogen functional groups attached to an aromatic ring is 1. The average molecular weight is 282 g/mol. The van der Waals surface area contributed by atoms with Crippen molar-refractivity contribution in [3.8, 4) is 0 Å². The van der Waals surface area contributed by atoms with Crippen molar-refractivity contribution in [2.24, 2.45) is 11.8 Å². The summed E-state index contributed by atoms with van der Waals surface area (Å²) in [6.45, 7) is 4.75. The van der Waals surface area contributed by atoms with Gasteiger partial charge < -0.3 is 5.73 Å². The van der Waals surface area contributed by atoms with Gasteiger partial charge in [-0.15, -0.1) is 0 Å². The lowest BCUT2D eigenvalue weighted by Gasteiger charge is -2.18. The Hall–Kier alpha value is -1.07. The van der Waals surface area contributed by atoms with Crippen molar-refractivity contribution >= 4 is 15.7 Å². The van der Waals surface area contributed by atoms with Crippen molar-refractivity contribution in [3.63, 3.8) is 0 Å². The second-order valence-corrected chi connectivity index (χ2v) is 7.52. The smallest absolute Gasteiger partial charge is 0.242 e. The summed E-state index contributed by atoms with van der Waals surface area (Å²) in [5.41, 5.74) is 7.42. The minimum Gasteiger partial charge on any atom is -0.398 e. The number of aryl methyl sites for hydroxylation is 1. The third kappa shape index (κ3) is 2.92. The van der Waals surface area contributed by atoms with Crippen LogP contribution in [0.1, 0.15) is 25.8 Å². The van der Waals surface area contributed by atoms with Crippen LogP contribution in [-0.2, 0) is 16.4 Å². The van der Waals surface area contributed by atoms with E-state index in [2.05, 4.69) is 6.92 Å². The third-order valence-corrected chi connectivity index (χ3v) is 5.79. The predicted octanol–water partition coefficient (Wildman–Crippen LogP) is 2.11. The summed E-state index contributed by atoms with van der Waals surface area (Å²) >= 11 is 0. The largest absolute Gasteiger partial charge is 0.398 e. The fourth-order valence-electron chi connectivity index (χ4n) is 2.32. The quantitative estimate of drug-likeness (QED) is 0.841. The lowest BCUT2D eigenvalue weighted by molar-refractivity contribution is 0.444. The first-order valence-electron chi connectivity index (χ1n) is 6.71. The Labute approximate surface area is 115 Å². The number of benzene rings is 1. The average Bonchev–Trinajstić information content (AvgIpc) is 3.04. The zero-order valence-electron chi connectivity index (χ0n) is 11.8. The van der Waals surface area contributed by atoms with Crippen LogP contribution in [0.5, 0.6) is 0 Å². The maximum Gasteiger partial charge on any atom is 0.242 e. The Morgan fingerprint density at radius 2 is 2.05 bits per heavy atom. The van der Waals surface area contributed by atoms with Gasteiger partial charge in [-0.25, -0.2) is 12.7 Å². The van der Waals surface area contributed by atoms with Gasteiger partial charge in [0.05, 0.1) is 4.90 Å². The second-order valence-electron chi connectivity index (χ2n) is 5.47. The van der Waals surface area contributed by atoms with Crippen molar-refractivity contribution < 1.29 is 8.42 Å². The molecule has 0 aliphatic heterocycles. The maximum absolute atomic E-state index is 12.4. The first-order valence-corrected chi connectivity index (χ1v) is 8.15. The van der Waals surface area contributed by atoms with E-state index in [1.807, 2.05) is 6.92 Å². The zero-order valence-corrected chi connectivity index (χ0v) is 12.6. The highest BCUT2D eigenvalue weighted by molar-refractivity contribution is 7.89. The molecule has 2 N–H and O–H groups in total. The van der Waals surface area contributed by atoms with Crippen molar-refractivity contribution in [1.29, 1.82) is 0 Å². The highest BCUT2D eigenvalue weighted by atomic mass is 32.2. The molecule has 106 valence electrons. The molecule has 0 amide bonds. The lowest BCUT2D eigenvalue weighted by atomic mass is 10.1. The summed E-state index contributed by atoms with van der Waals surface area (Å²) in [5.74, 6) is 1.15. The summed E-state index contributed by atoms with van der Waals surface area (Å²) in [6, 6.07) is 5.02. The van der Waals surface area contributed by atoms with Crippen LogP contribution in [0.4, 0.5) is 5.69 Å². The molecule has 1 saturated carbocycles. The van der Waals surface area contributed by atoms with Gasteiger partial charge in [-0.2, -0.15) is 0 Å². The summed E-state index contributed by atoms with van der Waals surface area (Å²) in [6.07, 6.45) is 1.93. The van der Waals surface area contributed by atoms with Crippen LogP contribution in [0.25, 0.3) is 0 Å². The molecule has 1 aromatic rings. The Bertz CT molecular complexity index is 569. The SMILES string of the molecule is CCc1ccc(S(=O)(=O)N(C)CC2CC2C)cc1N. The third-order valence-electron chi connectivity index (χ3n) is 3.97. The molecule has 0 spiro atoms. The molecule has 2 rings (SSSR count). The first-order chi connectivity index (χ1) is 8.86. The molecule has 0 radical (unpaired) electrons. The van der Waals surface area contributed by atoms with Crippen molar-refractivity contribution in [2.45, 2.75) is 31.6 Å². The second kappa shape index (κ2) is 5.13. The van der Waals surface area contributed by atoms with Crippen molar-refractivity contribution in [1.82, 2.24) is 4.31 Å². The van der Waals surface area contributed by atoms with Crippen LogP contribution in [-0.4, -0.2) is 26.3 Å². The number of hydrogen-bond donors (Lipinski definition) is 1. The van der Waals surface area contributed by atoms with E-state index in [4.69, 9.17) is 5.73 Å². The zero-order chi connectivity index (χ0) is 14.2. The van der Waals surface area contributed by atoms with Gasteiger partial charge in [0.25, 0.3) is 0 Å². The Morgan fingerprint density at radius 3 is 2.53 bits per heavy atom. The van der Waals surface area contributed by atoms with E-state index in [0.29, 0.717) is 24.1 Å². The highest BCUT2D eigenvalue weighted by Crippen LogP contribution is 2.38. The molecular weight excluding hydrogens is 260 g/mol.